The fourth-order valence-corrected chi connectivity index (χ4v) is 2.79. The van der Waals surface area contributed by atoms with Crippen molar-refractivity contribution in [2.45, 2.75) is 25.7 Å². The van der Waals surface area contributed by atoms with Crippen molar-refractivity contribution in [3.05, 3.63) is 36.0 Å². The Morgan fingerprint density at radius 2 is 2.14 bits per heavy atom. The third-order valence-corrected chi connectivity index (χ3v) is 3.93. The Kier molecular flexibility index (Phi) is 4.05. The maximum atomic E-state index is 9.44. The molecule has 0 amide bonds. The molecule has 5 heteroatoms. The number of para-hydroxylation sites is 1. The van der Waals surface area contributed by atoms with Gasteiger partial charge in [0.05, 0.1) is 37.1 Å². The van der Waals surface area contributed by atoms with Crippen LogP contribution in [0.15, 0.2) is 30.3 Å². The number of rotatable bonds is 3. The average Bonchev–Trinajstić information content (AvgIpc) is 2.54. The molecule has 1 fully saturated rings. The summed E-state index contributed by atoms with van der Waals surface area (Å²) >= 11 is 0. The smallest absolute Gasteiger partial charge is 0.0981 e. The van der Waals surface area contributed by atoms with Crippen LogP contribution >= 0.6 is 0 Å². The first-order valence-electron chi connectivity index (χ1n) is 7.21. The Hall–Kier alpha value is -1.69. The maximum absolute atomic E-state index is 9.44. The first kappa shape index (κ1) is 14.3. The normalized spacial score (nSPS) is 22.7. The number of aliphatic hydroxyl groups excluding tert-OH is 2. The third kappa shape index (κ3) is 2.72. The zero-order chi connectivity index (χ0) is 14.8. The number of ether oxygens (including phenoxy) is 1. The highest BCUT2D eigenvalue weighted by Gasteiger charge is 2.27. The molecule has 0 bridgehead atoms. The van der Waals surface area contributed by atoms with Gasteiger partial charge in [-0.2, -0.15) is 0 Å². The molecule has 2 heterocycles. The highest BCUT2D eigenvalue weighted by molar-refractivity contribution is 5.92. The van der Waals surface area contributed by atoms with E-state index in [0.717, 1.165) is 16.6 Å². The lowest BCUT2D eigenvalue weighted by Gasteiger charge is -2.39. The molecule has 2 atom stereocenters. The van der Waals surface area contributed by atoms with Crippen LogP contribution in [0.4, 0.5) is 5.69 Å². The van der Waals surface area contributed by atoms with Gasteiger partial charge in [-0.1, -0.05) is 18.2 Å². The quantitative estimate of drug-likeness (QED) is 0.891. The average molecular weight is 288 g/mol. The van der Waals surface area contributed by atoms with Crippen LogP contribution in [0.1, 0.15) is 12.6 Å². The first-order chi connectivity index (χ1) is 10.2. The lowest BCUT2D eigenvalue weighted by atomic mass is 10.1. The van der Waals surface area contributed by atoms with Crippen LogP contribution in [-0.4, -0.2) is 47.1 Å². The molecule has 1 aliphatic rings. The minimum atomic E-state index is -0.175. The highest BCUT2D eigenvalue weighted by atomic mass is 16.5. The second-order valence-electron chi connectivity index (χ2n) is 5.45. The van der Waals surface area contributed by atoms with Gasteiger partial charge in [0, 0.05) is 23.7 Å². The number of fused-ring (bicyclic) bond motifs is 1. The minimum Gasteiger partial charge on any atom is -0.394 e. The predicted molar refractivity (Wildman–Crippen MR) is 81.3 cm³/mol. The van der Waals surface area contributed by atoms with Gasteiger partial charge in [0.25, 0.3) is 0 Å². The molecule has 1 aromatic heterocycles. The van der Waals surface area contributed by atoms with Gasteiger partial charge in [0.2, 0.25) is 0 Å². The van der Waals surface area contributed by atoms with E-state index in [4.69, 9.17) is 4.74 Å². The van der Waals surface area contributed by atoms with Gasteiger partial charge in [-0.25, -0.2) is 0 Å². The van der Waals surface area contributed by atoms with E-state index in [1.807, 2.05) is 30.3 Å². The van der Waals surface area contributed by atoms with Gasteiger partial charge in [0.1, 0.15) is 0 Å². The number of hydrogen-bond donors (Lipinski definition) is 2. The van der Waals surface area contributed by atoms with E-state index in [1.54, 1.807) is 0 Å². The Balaban J connectivity index is 2.09. The molecule has 5 nitrogen and oxygen atoms in total. The van der Waals surface area contributed by atoms with Crippen LogP contribution in [0.25, 0.3) is 10.9 Å². The number of hydrogen-bond acceptors (Lipinski definition) is 5. The van der Waals surface area contributed by atoms with Crippen LogP contribution in [0, 0.1) is 0 Å². The monoisotopic (exact) mass is 288 g/mol. The van der Waals surface area contributed by atoms with Crippen molar-refractivity contribution in [2.75, 3.05) is 24.7 Å². The zero-order valence-electron chi connectivity index (χ0n) is 12.1. The number of morpholine rings is 1. The van der Waals surface area contributed by atoms with E-state index in [1.165, 1.54) is 0 Å². The van der Waals surface area contributed by atoms with E-state index in [9.17, 15) is 10.2 Å². The Bertz CT molecular complexity index is 632. The molecule has 0 radical (unpaired) electrons. The van der Waals surface area contributed by atoms with Gasteiger partial charge in [-0.05, 0) is 19.1 Å². The van der Waals surface area contributed by atoms with Gasteiger partial charge < -0.3 is 19.8 Å². The summed E-state index contributed by atoms with van der Waals surface area (Å²) in [6, 6.07) is 10.1. The topological polar surface area (TPSA) is 65.8 Å². The summed E-state index contributed by atoms with van der Waals surface area (Å²) in [6.45, 7) is 3.24. The second kappa shape index (κ2) is 5.97. The molecule has 21 heavy (non-hydrogen) atoms. The van der Waals surface area contributed by atoms with E-state index < -0.39 is 0 Å². The van der Waals surface area contributed by atoms with Crippen molar-refractivity contribution in [3.8, 4) is 0 Å². The summed E-state index contributed by atoms with van der Waals surface area (Å²) in [5.74, 6) is 0. The summed E-state index contributed by atoms with van der Waals surface area (Å²) in [6.07, 6.45) is -0.175. The minimum absolute atomic E-state index is 0.0130. The number of benzene rings is 1. The van der Waals surface area contributed by atoms with Crippen LogP contribution in [-0.2, 0) is 11.3 Å². The number of aromatic nitrogens is 1. The Morgan fingerprint density at radius 3 is 2.90 bits per heavy atom. The molecular weight excluding hydrogens is 268 g/mol. The first-order valence-corrected chi connectivity index (χ1v) is 7.21. The molecule has 0 spiro atoms. The fourth-order valence-electron chi connectivity index (χ4n) is 2.79. The molecular formula is C16H20N2O3. The summed E-state index contributed by atoms with van der Waals surface area (Å²) in [4.78, 5) is 6.69. The van der Waals surface area contributed by atoms with Crippen molar-refractivity contribution in [3.63, 3.8) is 0 Å². The zero-order valence-corrected chi connectivity index (χ0v) is 12.1. The molecule has 2 N–H and O–H groups in total. The maximum Gasteiger partial charge on any atom is 0.0981 e. The Labute approximate surface area is 123 Å². The molecule has 1 aliphatic heterocycles. The summed E-state index contributed by atoms with van der Waals surface area (Å²) in [5.41, 5.74) is 2.57. The molecule has 3 rings (SSSR count). The van der Waals surface area contributed by atoms with Gasteiger partial charge in [0.15, 0.2) is 0 Å². The van der Waals surface area contributed by atoms with Crippen molar-refractivity contribution >= 4 is 16.6 Å². The third-order valence-electron chi connectivity index (χ3n) is 3.93. The van der Waals surface area contributed by atoms with E-state index in [2.05, 4.69) is 16.8 Å². The largest absolute Gasteiger partial charge is 0.394 e. The van der Waals surface area contributed by atoms with Crippen molar-refractivity contribution in [2.24, 2.45) is 0 Å². The number of aliphatic hydroxyl groups is 2. The molecule has 2 aromatic rings. The van der Waals surface area contributed by atoms with E-state index >= 15 is 0 Å². The lowest BCUT2D eigenvalue weighted by Crippen LogP contribution is -2.49. The summed E-state index contributed by atoms with van der Waals surface area (Å²) in [5, 5.41) is 19.8. The second-order valence-corrected chi connectivity index (χ2v) is 5.45. The van der Waals surface area contributed by atoms with Crippen molar-refractivity contribution < 1.29 is 14.9 Å². The number of nitrogens with zero attached hydrogens (tertiary/aromatic N) is 2. The molecule has 112 valence electrons. The summed E-state index contributed by atoms with van der Waals surface area (Å²) < 4.78 is 5.60. The standard InChI is InChI=1S/C16H20N2O3/c1-11-10-21-13(9-20)7-18(11)16-6-12(8-19)17-15-5-3-2-4-14(15)16/h2-6,11,13,19-20H,7-10H2,1H3. The molecule has 2 unspecified atom stereocenters. The van der Waals surface area contributed by atoms with Crippen LogP contribution < -0.4 is 4.90 Å². The Morgan fingerprint density at radius 1 is 1.33 bits per heavy atom. The van der Waals surface area contributed by atoms with Gasteiger partial charge >= 0.3 is 0 Å². The molecule has 1 aromatic carbocycles. The molecule has 0 saturated carbocycles. The molecule has 1 saturated heterocycles. The van der Waals surface area contributed by atoms with E-state index in [0.29, 0.717) is 18.8 Å². The predicted octanol–water partition coefficient (Wildman–Crippen LogP) is 1.31. The van der Waals surface area contributed by atoms with Crippen LogP contribution in [0.5, 0.6) is 0 Å². The van der Waals surface area contributed by atoms with Crippen molar-refractivity contribution in [1.82, 2.24) is 4.98 Å². The highest BCUT2D eigenvalue weighted by Crippen LogP contribution is 2.30. The SMILES string of the molecule is CC1COC(CO)CN1c1cc(CO)nc2ccccc12. The summed E-state index contributed by atoms with van der Waals surface area (Å²) in [7, 11) is 0. The van der Waals surface area contributed by atoms with Gasteiger partial charge in [-0.3, -0.25) is 4.98 Å². The van der Waals surface area contributed by atoms with Crippen molar-refractivity contribution in [1.29, 1.82) is 0 Å². The number of pyridine rings is 1. The van der Waals surface area contributed by atoms with Crippen LogP contribution in [0.3, 0.4) is 0 Å². The van der Waals surface area contributed by atoms with E-state index in [-0.39, 0.29) is 25.4 Å². The molecule has 0 aliphatic carbocycles. The lowest BCUT2D eigenvalue weighted by molar-refractivity contribution is -0.0102. The van der Waals surface area contributed by atoms with Gasteiger partial charge in [-0.15, -0.1) is 0 Å². The fraction of sp³-hybridized carbons (Fsp3) is 0.438. The number of anilines is 1. The van der Waals surface area contributed by atoms with Crippen LogP contribution in [0.2, 0.25) is 0 Å².